The van der Waals surface area contributed by atoms with Crippen LogP contribution < -0.4 is 4.90 Å². The van der Waals surface area contributed by atoms with E-state index in [0.29, 0.717) is 6.42 Å². The average molecular weight is 415 g/mol. The number of para-hydroxylation sites is 1. The number of benzene rings is 1. The van der Waals surface area contributed by atoms with E-state index in [1.54, 1.807) is 7.11 Å². The third-order valence-electron chi connectivity index (χ3n) is 5.68. The molecule has 0 saturated carbocycles. The Kier molecular flexibility index (Phi) is 7.58. The van der Waals surface area contributed by atoms with Gasteiger partial charge in [0.15, 0.2) is 5.78 Å². The fraction of sp³-hybridized carbons (Fsp3) is 0.478. The second kappa shape index (κ2) is 10.1. The van der Waals surface area contributed by atoms with Crippen LogP contribution in [0.4, 0.5) is 5.69 Å². The molecule has 6 heteroatoms. The van der Waals surface area contributed by atoms with Crippen LogP contribution in [0.5, 0.6) is 0 Å². The first-order chi connectivity index (χ1) is 14.1. The van der Waals surface area contributed by atoms with Crippen molar-refractivity contribution < 1.29 is 14.3 Å². The molecule has 156 valence electrons. The van der Waals surface area contributed by atoms with E-state index in [0.717, 1.165) is 36.5 Å². The summed E-state index contributed by atoms with van der Waals surface area (Å²) >= 11 is 1.47. The molecule has 1 aliphatic rings. The third-order valence-corrected chi connectivity index (χ3v) is 6.56. The van der Waals surface area contributed by atoms with Gasteiger partial charge in [-0.2, -0.15) is 0 Å². The highest BCUT2D eigenvalue weighted by atomic mass is 32.1. The summed E-state index contributed by atoms with van der Waals surface area (Å²) in [4.78, 5) is 30.4. The third kappa shape index (κ3) is 4.94. The predicted molar refractivity (Wildman–Crippen MR) is 117 cm³/mol. The maximum absolute atomic E-state index is 12.8. The van der Waals surface area contributed by atoms with Gasteiger partial charge in [0.1, 0.15) is 6.23 Å². The lowest BCUT2D eigenvalue weighted by atomic mass is 9.97. The lowest BCUT2D eigenvalue weighted by molar-refractivity contribution is -0.119. The van der Waals surface area contributed by atoms with Crippen LogP contribution in [0, 0.1) is 5.92 Å². The molecule has 5 nitrogen and oxygen atoms in total. The Morgan fingerprint density at radius 2 is 1.86 bits per heavy atom. The second-order valence-electron chi connectivity index (χ2n) is 7.48. The summed E-state index contributed by atoms with van der Waals surface area (Å²) in [6.07, 6.45) is 1.96. The van der Waals surface area contributed by atoms with E-state index in [1.165, 1.54) is 11.3 Å². The SMILES string of the molecule is CCC(=O)N(c1ccccc1)C1CCN(C(OC)C(C)C(=O)c2cccs2)CC1. The highest BCUT2D eigenvalue weighted by Crippen LogP contribution is 2.28. The maximum atomic E-state index is 12.8. The van der Waals surface area contributed by atoms with Crippen molar-refractivity contribution in [1.82, 2.24) is 4.90 Å². The van der Waals surface area contributed by atoms with Gasteiger partial charge in [-0.3, -0.25) is 14.5 Å². The Hall–Kier alpha value is -2.02. The number of methoxy groups -OCH3 is 1. The van der Waals surface area contributed by atoms with Gasteiger partial charge < -0.3 is 9.64 Å². The lowest BCUT2D eigenvalue weighted by Gasteiger charge is -2.42. The molecule has 2 atom stereocenters. The van der Waals surface area contributed by atoms with Gasteiger partial charge in [-0.1, -0.05) is 38.1 Å². The number of likely N-dealkylation sites (tertiary alicyclic amines) is 1. The zero-order valence-electron chi connectivity index (χ0n) is 17.4. The maximum Gasteiger partial charge on any atom is 0.226 e. The minimum Gasteiger partial charge on any atom is -0.366 e. The number of thiophene rings is 1. The van der Waals surface area contributed by atoms with E-state index < -0.39 is 0 Å². The van der Waals surface area contributed by atoms with Gasteiger partial charge in [-0.25, -0.2) is 0 Å². The molecule has 0 bridgehead atoms. The number of piperidine rings is 1. The number of rotatable bonds is 8. The van der Waals surface area contributed by atoms with Crippen molar-refractivity contribution in [3.63, 3.8) is 0 Å². The monoisotopic (exact) mass is 414 g/mol. The highest BCUT2D eigenvalue weighted by molar-refractivity contribution is 7.12. The molecule has 1 aromatic heterocycles. The van der Waals surface area contributed by atoms with Gasteiger partial charge in [0.25, 0.3) is 0 Å². The van der Waals surface area contributed by atoms with Crippen molar-refractivity contribution in [2.24, 2.45) is 5.92 Å². The van der Waals surface area contributed by atoms with Crippen LogP contribution >= 0.6 is 11.3 Å². The summed E-state index contributed by atoms with van der Waals surface area (Å²) in [5.74, 6) is 0.0397. The Bertz CT molecular complexity index is 786. The molecular weight excluding hydrogens is 384 g/mol. The number of nitrogens with zero attached hydrogens (tertiary/aromatic N) is 2. The van der Waals surface area contributed by atoms with E-state index >= 15 is 0 Å². The smallest absolute Gasteiger partial charge is 0.226 e. The number of Topliss-reactive ketones (excluding diaryl/α,β-unsaturated/α-hetero) is 1. The zero-order chi connectivity index (χ0) is 20.8. The Morgan fingerprint density at radius 3 is 2.41 bits per heavy atom. The topological polar surface area (TPSA) is 49.9 Å². The number of carbonyl (C=O) groups excluding carboxylic acids is 2. The van der Waals surface area contributed by atoms with Gasteiger partial charge in [-0.05, 0) is 36.4 Å². The first-order valence-corrected chi connectivity index (χ1v) is 11.2. The van der Waals surface area contributed by atoms with Crippen molar-refractivity contribution in [2.75, 3.05) is 25.1 Å². The molecule has 1 aliphatic heterocycles. The zero-order valence-corrected chi connectivity index (χ0v) is 18.2. The van der Waals surface area contributed by atoms with Crippen molar-refractivity contribution in [2.45, 2.75) is 45.4 Å². The van der Waals surface area contributed by atoms with Crippen LogP contribution in [0.25, 0.3) is 0 Å². The number of hydrogen-bond acceptors (Lipinski definition) is 5. The lowest BCUT2D eigenvalue weighted by Crippen LogP contribution is -2.52. The van der Waals surface area contributed by atoms with E-state index in [9.17, 15) is 9.59 Å². The number of ketones is 1. The first-order valence-electron chi connectivity index (χ1n) is 10.3. The Labute approximate surface area is 177 Å². The number of anilines is 1. The standard InChI is InChI=1S/C23H30N2O3S/c1-4-21(26)25(18-9-6-5-7-10-18)19-12-14-24(15-13-19)23(28-3)17(2)22(27)20-11-8-16-29-20/h5-11,16-17,19,23H,4,12-15H2,1-3H3. The van der Waals surface area contributed by atoms with Crippen molar-refractivity contribution in [3.05, 3.63) is 52.7 Å². The van der Waals surface area contributed by atoms with E-state index in [1.807, 2.05) is 66.6 Å². The van der Waals surface area contributed by atoms with Crippen molar-refractivity contribution in [1.29, 1.82) is 0 Å². The Balaban J connectivity index is 1.67. The molecule has 0 N–H and O–H groups in total. The first kappa shape index (κ1) is 21.7. The Morgan fingerprint density at radius 1 is 1.17 bits per heavy atom. The molecule has 2 aromatic rings. The molecular formula is C23H30N2O3S. The fourth-order valence-corrected chi connectivity index (χ4v) is 4.92. The van der Waals surface area contributed by atoms with Gasteiger partial charge in [0.2, 0.25) is 5.91 Å². The molecule has 0 aliphatic carbocycles. The predicted octanol–water partition coefficient (Wildman–Crippen LogP) is 4.45. The van der Waals surface area contributed by atoms with Crippen molar-refractivity contribution in [3.8, 4) is 0 Å². The highest BCUT2D eigenvalue weighted by Gasteiger charge is 2.35. The summed E-state index contributed by atoms with van der Waals surface area (Å²) in [7, 11) is 1.67. The summed E-state index contributed by atoms with van der Waals surface area (Å²) in [5.41, 5.74) is 0.960. The normalized spacial score (nSPS) is 17.6. The van der Waals surface area contributed by atoms with Gasteiger partial charge in [0.05, 0.1) is 10.8 Å². The average Bonchev–Trinajstić information content (AvgIpc) is 3.30. The summed E-state index contributed by atoms with van der Waals surface area (Å²) in [5, 5.41) is 1.93. The molecule has 3 rings (SSSR count). The number of carbonyl (C=O) groups is 2. The second-order valence-corrected chi connectivity index (χ2v) is 8.42. The number of amides is 1. The minimum absolute atomic E-state index is 0.126. The minimum atomic E-state index is -0.252. The quantitative estimate of drug-likeness (QED) is 0.599. The van der Waals surface area contributed by atoms with Crippen LogP contribution in [0.3, 0.4) is 0 Å². The van der Waals surface area contributed by atoms with E-state index in [-0.39, 0.29) is 29.9 Å². The van der Waals surface area contributed by atoms with Crippen LogP contribution in [-0.2, 0) is 9.53 Å². The molecule has 29 heavy (non-hydrogen) atoms. The van der Waals surface area contributed by atoms with Gasteiger partial charge in [0, 0.05) is 38.3 Å². The van der Waals surface area contributed by atoms with Crippen molar-refractivity contribution >= 4 is 28.7 Å². The van der Waals surface area contributed by atoms with Crippen LogP contribution in [-0.4, -0.2) is 49.1 Å². The number of hydrogen-bond donors (Lipinski definition) is 0. The number of ether oxygens (including phenoxy) is 1. The molecule has 1 amide bonds. The molecule has 1 saturated heterocycles. The van der Waals surface area contributed by atoms with Gasteiger partial charge in [-0.15, -0.1) is 11.3 Å². The van der Waals surface area contributed by atoms with Gasteiger partial charge >= 0.3 is 0 Å². The molecule has 2 heterocycles. The fourth-order valence-electron chi connectivity index (χ4n) is 4.16. The summed E-state index contributed by atoms with van der Waals surface area (Å²) in [6, 6.07) is 13.9. The van der Waals surface area contributed by atoms with Crippen LogP contribution in [0.2, 0.25) is 0 Å². The van der Waals surface area contributed by atoms with Crippen LogP contribution in [0.15, 0.2) is 47.8 Å². The molecule has 0 spiro atoms. The molecule has 1 fully saturated rings. The summed E-state index contributed by atoms with van der Waals surface area (Å²) < 4.78 is 5.75. The largest absolute Gasteiger partial charge is 0.366 e. The molecule has 1 aromatic carbocycles. The molecule has 2 unspecified atom stereocenters. The summed E-state index contributed by atoms with van der Waals surface area (Å²) in [6.45, 7) is 5.45. The van der Waals surface area contributed by atoms with Crippen LogP contribution in [0.1, 0.15) is 42.8 Å². The van der Waals surface area contributed by atoms with E-state index in [2.05, 4.69) is 4.90 Å². The molecule has 0 radical (unpaired) electrons. The van der Waals surface area contributed by atoms with E-state index in [4.69, 9.17) is 4.74 Å².